The van der Waals surface area contributed by atoms with Gasteiger partial charge in [0.15, 0.2) is 0 Å². The van der Waals surface area contributed by atoms with E-state index < -0.39 is 4.92 Å². The van der Waals surface area contributed by atoms with Crippen LogP contribution >= 0.6 is 0 Å². The largest absolute Gasteiger partial charge is 0.455 e. The zero-order chi connectivity index (χ0) is 15.4. The molecule has 110 valence electrons. The van der Waals surface area contributed by atoms with Crippen LogP contribution in [0.2, 0.25) is 0 Å². The van der Waals surface area contributed by atoms with Crippen molar-refractivity contribution in [1.29, 1.82) is 0 Å². The van der Waals surface area contributed by atoms with Crippen molar-refractivity contribution in [3.63, 3.8) is 0 Å². The van der Waals surface area contributed by atoms with Crippen molar-refractivity contribution in [2.75, 3.05) is 5.43 Å². The lowest BCUT2D eigenvalue weighted by Crippen LogP contribution is -1.91. The third kappa shape index (κ3) is 2.95. The summed E-state index contributed by atoms with van der Waals surface area (Å²) in [6, 6.07) is 9.55. The molecular formula is C12H9N7O3. The maximum Gasteiger partial charge on any atom is 0.283 e. The molecule has 10 nitrogen and oxygen atoms in total. The van der Waals surface area contributed by atoms with Crippen LogP contribution in [0.25, 0.3) is 11.3 Å². The average molecular weight is 299 g/mol. The van der Waals surface area contributed by atoms with Crippen molar-refractivity contribution in [2.45, 2.75) is 0 Å². The van der Waals surface area contributed by atoms with Crippen molar-refractivity contribution in [3.8, 4) is 11.3 Å². The zero-order valence-corrected chi connectivity index (χ0v) is 11.0. The quantitative estimate of drug-likeness (QED) is 0.416. The van der Waals surface area contributed by atoms with Gasteiger partial charge in [-0.2, -0.15) is 10.3 Å². The number of nitro groups is 1. The Hall–Kier alpha value is -3.56. The van der Waals surface area contributed by atoms with Crippen LogP contribution in [-0.2, 0) is 0 Å². The summed E-state index contributed by atoms with van der Waals surface area (Å²) in [5.41, 5.74) is 3.32. The highest BCUT2D eigenvalue weighted by Crippen LogP contribution is 2.23. The Kier molecular flexibility index (Phi) is 3.56. The first-order valence-electron chi connectivity index (χ1n) is 6.09. The highest BCUT2D eigenvalue weighted by atomic mass is 16.6. The van der Waals surface area contributed by atoms with E-state index in [-0.39, 0.29) is 11.6 Å². The third-order valence-electron chi connectivity index (χ3n) is 2.69. The van der Waals surface area contributed by atoms with Crippen molar-refractivity contribution >= 4 is 17.9 Å². The van der Waals surface area contributed by atoms with E-state index >= 15 is 0 Å². The maximum atomic E-state index is 10.6. The predicted octanol–water partition coefficient (Wildman–Crippen LogP) is 1.81. The first-order chi connectivity index (χ1) is 10.7. The lowest BCUT2D eigenvalue weighted by molar-refractivity contribution is -0.384. The number of H-pyrrole nitrogens is 1. The van der Waals surface area contributed by atoms with Gasteiger partial charge in [-0.1, -0.05) is 5.10 Å². The number of non-ortho nitro benzene ring substituents is 1. The van der Waals surface area contributed by atoms with Crippen LogP contribution < -0.4 is 5.43 Å². The number of tetrazole rings is 1. The standard InChI is InChI=1S/C12H9N7O3/c20-19(21)9-3-1-8(2-4-9)11-6-5-10(22-11)7-13-14-12-15-17-18-16-12/h1-7H,(H2,14,15,16,17,18)/b13-7+. The van der Waals surface area contributed by atoms with E-state index in [9.17, 15) is 10.1 Å². The Morgan fingerprint density at radius 3 is 2.77 bits per heavy atom. The molecule has 0 aliphatic carbocycles. The second kappa shape index (κ2) is 5.83. The first-order valence-corrected chi connectivity index (χ1v) is 6.09. The fourth-order valence-electron chi connectivity index (χ4n) is 1.69. The maximum absolute atomic E-state index is 10.6. The summed E-state index contributed by atoms with van der Waals surface area (Å²) in [5.74, 6) is 1.32. The number of nitro benzene ring substituents is 1. The van der Waals surface area contributed by atoms with Crippen LogP contribution in [0.5, 0.6) is 0 Å². The molecule has 0 saturated carbocycles. The Balaban J connectivity index is 1.70. The fraction of sp³-hybridized carbons (Fsp3) is 0. The minimum Gasteiger partial charge on any atom is -0.455 e. The average Bonchev–Trinajstić information content (AvgIpc) is 3.19. The zero-order valence-electron chi connectivity index (χ0n) is 11.0. The van der Waals surface area contributed by atoms with Gasteiger partial charge in [0.05, 0.1) is 11.1 Å². The van der Waals surface area contributed by atoms with Crippen molar-refractivity contribution in [3.05, 3.63) is 52.3 Å². The van der Waals surface area contributed by atoms with Crippen LogP contribution in [0.15, 0.2) is 45.9 Å². The number of aromatic nitrogens is 4. The molecule has 0 aliphatic heterocycles. The number of benzene rings is 1. The molecule has 10 heteroatoms. The van der Waals surface area contributed by atoms with Crippen LogP contribution in [0.1, 0.15) is 5.76 Å². The number of rotatable bonds is 5. The number of furan rings is 1. The molecule has 22 heavy (non-hydrogen) atoms. The topological polar surface area (TPSA) is 135 Å². The van der Waals surface area contributed by atoms with Gasteiger partial charge < -0.3 is 4.42 Å². The van der Waals surface area contributed by atoms with E-state index in [0.717, 1.165) is 5.56 Å². The van der Waals surface area contributed by atoms with Gasteiger partial charge in [-0.15, -0.1) is 5.10 Å². The first kappa shape index (κ1) is 13.4. The fourth-order valence-corrected chi connectivity index (χ4v) is 1.69. The molecule has 3 rings (SSSR count). The van der Waals surface area contributed by atoms with Crippen LogP contribution in [-0.4, -0.2) is 31.8 Å². The second-order valence-electron chi connectivity index (χ2n) is 4.11. The predicted molar refractivity (Wildman–Crippen MR) is 76.2 cm³/mol. The van der Waals surface area contributed by atoms with E-state index in [2.05, 4.69) is 31.2 Å². The van der Waals surface area contributed by atoms with Gasteiger partial charge in [-0.3, -0.25) is 10.1 Å². The number of hydrogen-bond acceptors (Lipinski definition) is 8. The number of nitrogens with zero attached hydrogens (tertiary/aromatic N) is 5. The third-order valence-corrected chi connectivity index (χ3v) is 2.69. The van der Waals surface area contributed by atoms with Crippen LogP contribution in [0, 0.1) is 10.1 Å². The van der Waals surface area contributed by atoms with Gasteiger partial charge in [0, 0.05) is 17.7 Å². The molecule has 0 aliphatic rings. The minimum absolute atomic E-state index is 0.0291. The van der Waals surface area contributed by atoms with Crippen molar-refractivity contribution in [2.24, 2.45) is 5.10 Å². The molecule has 0 unspecified atom stereocenters. The van der Waals surface area contributed by atoms with Gasteiger partial charge in [-0.05, 0) is 29.5 Å². The molecular weight excluding hydrogens is 290 g/mol. The molecule has 0 bridgehead atoms. The molecule has 0 radical (unpaired) electrons. The number of nitrogens with one attached hydrogen (secondary N) is 2. The summed E-state index contributed by atoms with van der Waals surface area (Å²) in [7, 11) is 0. The number of anilines is 1. The molecule has 0 saturated heterocycles. The van der Waals surface area contributed by atoms with E-state index in [1.165, 1.54) is 18.3 Å². The normalized spacial score (nSPS) is 10.9. The van der Waals surface area contributed by atoms with Crippen LogP contribution in [0.4, 0.5) is 11.6 Å². The van der Waals surface area contributed by atoms with E-state index in [1.54, 1.807) is 24.3 Å². The SMILES string of the molecule is O=[N+]([O-])c1ccc(-c2ccc(/C=N/Nc3nn[nH]n3)o2)cc1. The Morgan fingerprint density at radius 2 is 2.09 bits per heavy atom. The minimum atomic E-state index is -0.451. The smallest absolute Gasteiger partial charge is 0.283 e. The molecule has 0 fully saturated rings. The second-order valence-corrected chi connectivity index (χ2v) is 4.11. The summed E-state index contributed by atoms with van der Waals surface area (Å²) in [5, 5.41) is 27.5. The van der Waals surface area contributed by atoms with Gasteiger partial charge in [-0.25, -0.2) is 5.43 Å². The summed E-state index contributed by atoms with van der Waals surface area (Å²) in [6.45, 7) is 0. The highest BCUT2D eigenvalue weighted by molar-refractivity contribution is 5.78. The molecule has 3 aromatic rings. The summed E-state index contributed by atoms with van der Waals surface area (Å²) < 4.78 is 5.57. The number of hydrogen-bond donors (Lipinski definition) is 2. The molecule has 0 amide bonds. The highest BCUT2D eigenvalue weighted by Gasteiger charge is 2.07. The van der Waals surface area contributed by atoms with E-state index in [4.69, 9.17) is 4.42 Å². The summed E-state index contributed by atoms with van der Waals surface area (Å²) >= 11 is 0. The molecule has 2 aromatic heterocycles. The van der Waals surface area contributed by atoms with Gasteiger partial charge in [0.2, 0.25) is 0 Å². The molecule has 2 N–H and O–H groups in total. The van der Waals surface area contributed by atoms with Gasteiger partial charge >= 0.3 is 0 Å². The molecule has 0 atom stereocenters. The monoisotopic (exact) mass is 299 g/mol. The lowest BCUT2D eigenvalue weighted by Gasteiger charge is -1.96. The Bertz CT molecular complexity index is 793. The Labute approximate surface area is 123 Å². The summed E-state index contributed by atoms with van der Waals surface area (Å²) in [4.78, 5) is 10.2. The van der Waals surface area contributed by atoms with Crippen molar-refractivity contribution in [1.82, 2.24) is 20.6 Å². The molecule has 1 aromatic carbocycles. The molecule has 2 heterocycles. The van der Waals surface area contributed by atoms with E-state index in [1.807, 2.05) is 0 Å². The van der Waals surface area contributed by atoms with Gasteiger partial charge in [0.25, 0.3) is 11.6 Å². The van der Waals surface area contributed by atoms with Crippen LogP contribution in [0.3, 0.4) is 0 Å². The van der Waals surface area contributed by atoms with Gasteiger partial charge in [0.1, 0.15) is 11.5 Å². The summed E-state index contributed by atoms with van der Waals surface area (Å²) in [6.07, 6.45) is 1.45. The van der Waals surface area contributed by atoms with E-state index in [0.29, 0.717) is 11.5 Å². The lowest BCUT2D eigenvalue weighted by atomic mass is 10.1. The number of hydrazone groups is 1. The van der Waals surface area contributed by atoms with Crippen molar-refractivity contribution < 1.29 is 9.34 Å². The number of aromatic amines is 1. The molecule has 0 spiro atoms. The Morgan fingerprint density at radius 1 is 1.27 bits per heavy atom.